The van der Waals surface area contributed by atoms with Crippen LogP contribution in [0.1, 0.15) is 61.1 Å². The number of nitrogens with zero attached hydrogens (tertiary/aromatic N) is 2. The average Bonchev–Trinajstić information content (AvgIpc) is 3.42. The van der Waals surface area contributed by atoms with Crippen LogP contribution in [0.4, 0.5) is 0 Å². The highest BCUT2D eigenvalue weighted by atomic mass is 32.2. The zero-order valence-corrected chi connectivity index (χ0v) is 44.9. The van der Waals surface area contributed by atoms with Gasteiger partial charge in [-0.25, -0.2) is 0 Å². The van der Waals surface area contributed by atoms with Crippen molar-refractivity contribution in [3.05, 3.63) is 215 Å². The molecule has 0 aromatic heterocycles. The lowest BCUT2D eigenvalue weighted by Gasteiger charge is -2.37. The van der Waals surface area contributed by atoms with Crippen LogP contribution >= 0.6 is 23.5 Å². The zero-order chi connectivity index (χ0) is 53.6. The number of ether oxygens (including phenoxy) is 1. The summed E-state index contributed by atoms with van der Waals surface area (Å²) in [7, 11) is 2.89. The molecule has 75 heavy (non-hydrogen) atoms. The van der Waals surface area contributed by atoms with Gasteiger partial charge in [0.05, 0.1) is 40.8 Å². The number of hydrogen-bond acceptors (Lipinski definition) is 9. The van der Waals surface area contributed by atoms with Crippen molar-refractivity contribution in [2.24, 2.45) is 0 Å². The number of thioether (sulfide) groups is 2. The van der Waals surface area contributed by atoms with Crippen LogP contribution in [0.5, 0.6) is 0 Å². The van der Waals surface area contributed by atoms with Gasteiger partial charge in [-0.1, -0.05) is 182 Å². The highest BCUT2D eigenvalue weighted by molar-refractivity contribution is 8.01. The van der Waals surface area contributed by atoms with E-state index in [4.69, 9.17) is 4.74 Å². The van der Waals surface area contributed by atoms with Crippen LogP contribution in [0.25, 0.3) is 0 Å². The fraction of sp³-hybridized carbons (Fsp3) is 0.300. The summed E-state index contributed by atoms with van der Waals surface area (Å²) in [6.07, 6.45) is -0.888. The number of benzene rings is 6. The van der Waals surface area contributed by atoms with Crippen molar-refractivity contribution in [3.63, 3.8) is 0 Å². The Morgan fingerprint density at radius 2 is 0.800 bits per heavy atom. The van der Waals surface area contributed by atoms with Crippen LogP contribution in [-0.4, -0.2) is 120 Å². The molecule has 390 valence electrons. The first-order chi connectivity index (χ1) is 36.0. The van der Waals surface area contributed by atoms with E-state index in [1.54, 1.807) is 6.92 Å². The van der Waals surface area contributed by atoms with E-state index in [-0.39, 0.29) is 11.5 Å². The standard InChI is InChI=1S/C60H66N6O7S2/c1-42(73-58(2,3)4)54-57(72)66(6)38-52(68)62-49(40-74-59(43-25-13-7-14-26-43,44-27-15-8-16-28-44)45-29-17-9-18-30-45)55(70)61-37-51(67)63-50(56(71)65(5)39-53(69)64-54)41-75-60(46-31-19-10-20-32-46,47-33-21-11-22-34-47)48-35-23-12-24-36-48/h7-36,42,49-50,54H,37-41H2,1-6H3,(H,61,70)(H,62,68)(H,63,67)(H,64,69)/t42-,49+,50+,54+/m1/s1. The molecule has 0 bridgehead atoms. The van der Waals surface area contributed by atoms with E-state index >= 15 is 0 Å². The summed E-state index contributed by atoms with van der Waals surface area (Å²) in [5.74, 6) is -3.84. The van der Waals surface area contributed by atoms with Gasteiger partial charge in [0.2, 0.25) is 35.4 Å². The Kier molecular flexibility index (Phi) is 18.8. The number of carbonyl (C=O) groups is 6. The number of carbonyl (C=O) groups excluding carboxylic acids is 6. The summed E-state index contributed by atoms with van der Waals surface area (Å²) in [6.45, 7) is 5.58. The molecule has 15 heteroatoms. The normalized spacial score (nSPS) is 18.5. The van der Waals surface area contributed by atoms with E-state index in [1.807, 2.05) is 203 Å². The summed E-state index contributed by atoms with van der Waals surface area (Å²) in [4.78, 5) is 88.9. The van der Waals surface area contributed by atoms with E-state index in [0.29, 0.717) is 0 Å². The lowest BCUT2D eigenvalue weighted by atomic mass is 9.84. The number of amides is 6. The van der Waals surface area contributed by atoms with Gasteiger partial charge in [-0.3, -0.25) is 28.8 Å². The molecule has 4 atom stereocenters. The Labute approximate surface area is 449 Å². The van der Waals surface area contributed by atoms with E-state index in [1.165, 1.54) is 47.4 Å². The molecule has 1 fully saturated rings. The maximum absolute atomic E-state index is 14.8. The molecule has 7 rings (SSSR count). The van der Waals surface area contributed by atoms with Gasteiger partial charge in [-0.15, -0.1) is 23.5 Å². The van der Waals surface area contributed by atoms with E-state index < -0.39 is 94.4 Å². The lowest BCUT2D eigenvalue weighted by Crippen LogP contribution is -2.59. The first-order valence-corrected chi connectivity index (χ1v) is 26.9. The third-order valence-electron chi connectivity index (χ3n) is 12.8. The molecule has 1 aliphatic heterocycles. The second kappa shape index (κ2) is 25.4. The van der Waals surface area contributed by atoms with Crippen molar-refractivity contribution in [1.82, 2.24) is 31.1 Å². The predicted molar refractivity (Wildman–Crippen MR) is 298 cm³/mol. The van der Waals surface area contributed by atoms with Crippen LogP contribution in [0, 0.1) is 0 Å². The number of nitrogens with one attached hydrogen (secondary N) is 4. The van der Waals surface area contributed by atoms with Gasteiger partial charge in [0.25, 0.3) is 0 Å². The molecule has 1 heterocycles. The molecular formula is C60H66N6O7S2. The molecular weight excluding hydrogens is 981 g/mol. The summed E-state index contributed by atoms with van der Waals surface area (Å²) in [6, 6.07) is 55.6. The van der Waals surface area contributed by atoms with Crippen molar-refractivity contribution in [3.8, 4) is 0 Å². The fourth-order valence-electron chi connectivity index (χ4n) is 9.40. The monoisotopic (exact) mass is 1050 g/mol. The number of rotatable bonds is 14. The summed E-state index contributed by atoms with van der Waals surface area (Å²) < 4.78 is 4.44. The van der Waals surface area contributed by atoms with Gasteiger partial charge in [0.15, 0.2) is 0 Å². The Morgan fingerprint density at radius 1 is 0.480 bits per heavy atom. The second-order valence-electron chi connectivity index (χ2n) is 19.5. The molecule has 6 aromatic rings. The minimum Gasteiger partial charge on any atom is -0.370 e. The van der Waals surface area contributed by atoms with E-state index in [0.717, 1.165) is 33.4 Å². The SMILES string of the molecule is C[C@@H](OC(C)(C)C)[C@@H]1NC(=O)CN(C)C(=O)[C@H](CSC(c2ccccc2)(c2ccccc2)c2ccccc2)NC(=O)CNC(=O)[C@H](CSC(c2ccccc2)(c2ccccc2)c2ccccc2)NC(=O)CN(C)C1=O. The van der Waals surface area contributed by atoms with Crippen LogP contribution in [0.2, 0.25) is 0 Å². The third-order valence-corrected chi connectivity index (χ3v) is 16.1. The minimum atomic E-state index is -1.29. The zero-order valence-electron chi connectivity index (χ0n) is 43.2. The van der Waals surface area contributed by atoms with Crippen molar-refractivity contribution in [2.45, 2.75) is 67.0 Å². The third kappa shape index (κ3) is 13.8. The molecule has 1 saturated heterocycles. The van der Waals surface area contributed by atoms with Crippen LogP contribution in [0.15, 0.2) is 182 Å². The number of hydrogen-bond donors (Lipinski definition) is 4. The first-order valence-electron chi connectivity index (χ1n) is 25.0. The van der Waals surface area contributed by atoms with Crippen molar-refractivity contribution in [2.75, 3.05) is 45.2 Å². The molecule has 13 nitrogen and oxygen atoms in total. The van der Waals surface area contributed by atoms with Crippen LogP contribution < -0.4 is 21.3 Å². The molecule has 4 N–H and O–H groups in total. The molecule has 6 aromatic carbocycles. The quantitative estimate of drug-likeness (QED) is 0.0830. The molecule has 0 aliphatic carbocycles. The van der Waals surface area contributed by atoms with Gasteiger partial charge in [-0.2, -0.15) is 0 Å². The number of likely N-dealkylation sites (N-methyl/N-ethyl adjacent to an activating group) is 2. The summed E-state index contributed by atoms with van der Waals surface area (Å²) in [5.41, 5.74) is 4.85. The van der Waals surface area contributed by atoms with Crippen LogP contribution in [-0.2, 0) is 43.0 Å². The molecule has 1 aliphatic rings. The topological polar surface area (TPSA) is 166 Å². The van der Waals surface area contributed by atoms with E-state index in [2.05, 4.69) is 21.3 Å². The Hall–Kier alpha value is -7.20. The largest absolute Gasteiger partial charge is 0.370 e. The van der Waals surface area contributed by atoms with Crippen molar-refractivity contribution in [1.29, 1.82) is 0 Å². The summed E-state index contributed by atoms with van der Waals surface area (Å²) in [5, 5.41) is 11.3. The van der Waals surface area contributed by atoms with Gasteiger partial charge in [0, 0.05) is 25.6 Å². The maximum Gasteiger partial charge on any atom is 0.248 e. The molecule has 0 spiro atoms. The van der Waals surface area contributed by atoms with Crippen LogP contribution in [0.3, 0.4) is 0 Å². The Balaban J connectivity index is 1.27. The minimum absolute atomic E-state index is 0.00770. The van der Waals surface area contributed by atoms with Gasteiger partial charge in [-0.05, 0) is 61.1 Å². The molecule has 0 radical (unpaired) electrons. The Morgan fingerprint density at radius 3 is 1.16 bits per heavy atom. The van der Waals surface area contributed by atoms with Crippen molar-refractivity contribution < 1.29 is 33.5 Å². The summed E-state index contributed by atoms with van der Waals surface area (Å²) >= 11 is 2.89. The van der Waals surface area contributed by atoms with Gasteiger partial charge in [0.1, 0.15) is 18.1 Å². The maximum atomic E-state index is 14.8. The predicted octanol–water partition coefficient (Wildman–Crippen LogP) is 7.14. The highest BCUT2D eigenvalue weighted by Gasteiger charge is 2.42. The second-order valence-corrected chi connectivity index (χ2v) is 22.0. The van der Waals surface area contributed by atoms with Crippen molar-refractivity contribution >= 4 is 59.0 Å². The fourth-order valence-corrected chi connectivity index (χ4v) is 12.5. The van der Waals surface area contributed by atoms with E-state index in [9.17, 15) is 28.8 Å². The molecule has 0 unspecified atom stereocenters. The van der Waals surface area contributed by atoms with Gasteiger partial charge >= 0.3 is 0 Å². The smallest absolute Gasteiger partial charge is 0.248 e. The highest BCUT2D eigenvalue weighted by Crippen LogP contribution is 2.50. The first kappa shape index (κ1) is 55.5. The molecule has 6 amide bonds. The van der Waals surface area contributed by atoms with Gasteiger partial charge < -0.3 is 35.8 Å². The molecule has 0 saturated carbocycles. The average molecular weight is 1050 g/mol. The Bertz CT molecular complexity index is 2670. The lowest BCUT2D eigenvalue weighted by molar-refractivity contribution is -0.146.